The summed E-state index contributed by atoms with van der Waals surface area (Å²) in [5.41, 5.74) is 2.05. The summed E-state index contributed by atoms with van der Waals surface area (Å²) in [6.45, 7) is 2.02. The van der Waals surface area contributed by atoms with Gasteiger partial charge in [0, 0.05) is 11.5 Å². The van der Waals surface area contributed by atoms with Crippen molar-refractivity contribution >= 4 is 35.2 Å². The standard InChI is InChI=1S/C22H17ClF3N3S/c1-12(14-4-2-3-5-16(14)24)20-18(26)8-9-19-21(20)28-22(29-30-19)27-11-13-6-7-17(25)15(23)10-13/h2-10,12H,11H2,1H3,(H2,27,28,29). The van der Waals surface area contributed by atoms with Crippen LogP contribution in [0.15, 0.2) is 64.5 Å². The molecule has 0 amide bonds. The van der Waals surface area contributed by atoms with Gasteiger partial charge in [-0.25, -0.2) is 18.2 Å². The number of nitrogens with zero attached hydrogens (tertiary/aromatic N) is 1. The molecule has 0 saturated heterocycles. The van der Waals surface area contributed by atoms with E-state index in [9.17, 15) is 13.2 Å². The van der Waals surface area contributed by atoms with Crippen LogP contribution in [-0.4, -0.2) is 5.96 Å². The molecule has 0 fully saturated rings. The Labute approximate surface area is 181 Å². The number of nitrogens with one attached hydrogen (secondary N) is 2. The van der Waals surface area contributed by atoms with Gasteiger partial charge in [0.05, 0.1) is 22.2 Å². The van der Waals surface area contributed by atoms with Crippen molar-refractivity contribution in [3.8, 4) is 0 Å². The summed E-state index contributed by atoms with van der Waals surface area (Å²) >= 11 is 7.10. The summed E-state index contributed by atoms with van der Waals surface area (Å²) in [6, 6.07) is 13.8. The molecule has 1 aliphatic heterocycles. The lowest BCUT2D eigenvalue weighted by Crippen LogP contribution is -2.30. The molecule has 154 valence electrons. The highest BCUT2D eigenvalue weighted by atomic mass is 35.5. The second-order valence-electron chi connectivity index (χ2n) is 6.82. The van der Waals surface area contributed by atoms with Crippen LogP contribution >= 0.6 is 23.5 Å². The Morgan fingerprint density at radius 3 is 2.53 bits per heavy atom. The second kappa shape index (κ2) is 8.62. The van der Waals surface area contributed by atoms with Gasteiger partial charge < -0.3 is 5.32 Å². The molecule has 1 unspecified atom stereocenters. The molecule has 3 nitrogen and oxygen atoms in total. The number of hydrogen-bond acceptors (Lipinski definition) is 2. The molecular formula is C22H17ClF3N3S. The Morgan fingerprint density at radius 2 is 1.77 bits per heavy atom. The number of anilines is 1. The lowest BCUT2D eigenvalue weighted by atomic mass is 9.91. The third-order valence-electron chi connectivity index (χ3n) is 4.86. The molecule has 0 spiro atoms. The van der Waals surface area contributed by atoms with E-state index in [1.807, 2.05) is 0 Å². The normalized spacial score (nSPS) is 15.3. The molecule has 30 heavy (non-hydrogen) atoms. The molecule has 4 rings (SSSR count). The summed E-state index contributed by atoms with van der Waals surface area (Å²) in [5.74, 6) is -1.39. The van der Waals surface area contributed by atoms with Crippen LogP contribution in [0.3, 0.4) is 0 Å². The number of hydrogen-bond donors (Lipinski definition) is 2. The topological polar surface area (TPSA) is 36.4 Å². The van der Waals surface area contributed by atoms with Gasteiger partial charge in [-0.3, -0.25) is 4.72 Å². The number of fused-ring (bicyclic) bond motifs is 1. The van der Waals surface area contributed by atoms with Gasteiger partial charge in [-0.1, -0.05) is 42.8 Å². The molecule has 1 aliphatic rings. The number of halogens is 4. The van der Waals surface area contributed by atoms with E-state index in [0.29, 0.717) is 22.8 Å². The van der Waals surface area contributed by atoms with E-state index in [1.165, 1.54) is 36.2 Å². The molecule has 0 bridgehead atoms. The minimum Gasteiger partial charge on any atom is -0.324 e. The van der Waals surface area contributed by atoms with Crippen molar-refractivity contribution in [2.75, 3.05) is 5.32 Å². The van der Waals surface area contributed by atoms with Crippen molar-refractivity contribution in [1.82, 2.24) is 4.72 Å². The molecule has 3 aromatic carbocycles. The molecule has 2 N–H and O–H groups in total. The molecule has 0 radical (unpaired) electrons. The largest absolute Gasteiger partial charge is 0.324 e. The van der Waals surface area contributed by atoms with Gasteiger partial charge in [-0.15, -0.1) is 0 Å². The zero-order valence-corrected chi connectivity index (χ0v) is 17.4. The van der Waals surface area contributed by atoms with Crippen LogP contribution in [0.1, 0.15) is 29.5 Å². The van der Waals surface area contributed by atoms with E-state index in [-0.39, 0.29) is 17.4 Å². The molecule has 3 aromatic rings. The summed E-state index contributed by atoms with van der Waals surface area (Å²) < 4.78 is 45.5. The van der Waals surface area contributed by atoms with Gasteiger partial charge in [0.1, 0.15) is 17.5 Å². The maximum atomic E-state index is 14.8. The van der Waals surface area contributed by atoms with Gasteiger partial charge in [0.15, 0.2) is 0 Å². The Kier molecular flexibility index (Phi) is 5.92. The minimum absolute atomic E-state index is 0.0278. The van der Waals surface area contributed by atoms with Crippen molar-refractivity contribution < 1.29 is 13.2 Å². The summed E-state index contributed by atoms with van der Waals surface area (Å²) in [4.78, 5) is 5.22. The first kappa shape index (κ1) is 20.6. The quantitative estimate of drug-likeness (QED) is 0.449. The molecule has 0 aliphatic carbocycles. The van der Waals surface area contributed by atoms with Crippen molar-refractivity contribution in [3.05, 3.63) is 93.8 Å². The fraction of sp³-hybridized carbons (Fsp3) is 0.136. The maximum Gasteiger partial charge on any atom is 0.206 e. The van der Waals surface area contributed by atoms with Gasteiger partial charge in [-0.05, 0) is 53.4 Å². The molecule has 1 atom stereocenters. The zero-order chi connectivity index (χ0) is 21.3. The SMILES string of the molecule is CC(c1ccccc1F)c1c(F)ccc2c1NC(=NCc1ccc(F)c(Cl)c1)NS2. The van der Waals surface area contributed by atoms with E-state index in [2.05, 4.69) is 15.0 Å². The third-order valence-corrected chi connectivity index (χ3v) is 6.01. The van der Waals surface area contributed by atoms with Crippen molar-refractivity contribution in [2.45, 2.75) is 24.3 Å². The Balaban J connectivity index is 1.65. The monoisotopic (exact) mass is 447 g/mol. The zero-order valence-electron chi connectivity index (χ0n) is 15.8. The predicted molar refractivity (Wildman–Crippen MR) is 115 cm³/mol. The van der Waals surface area contributed by atoms with Crippen molar-refractivity contribution in [1.29, 1.82) is 0 Å². The highest BCUT2D eigenvalue weighted by Gasteiger charge is 2.25. The molecule has 8 heteroatoms. The Hall–Kier alpha value is -2.64. The molecule has 0 aromatic heterocycles. The van der Waals surface area contributed by atoms with Crippen LogP contribution in [-0.2, 0) is 6.54 Å². The van der Waals surface area contributed by atoms with Crippen molar-refractivity contribution in [3.63, 3.8) is 0 Å². The first-order valence-corrected chi connectivity index (χ1v) is 10.4. The third kappa shape index (κ3) is 4.13. The van der Waals surface area contributed by atoms with Crippen LogP contribution < -0.4 is 10.0 Å². The molecule has 1 heterocycles. The summed E-state index contributed by atoms with van der Waals surface area (Å²) in [7, 11) is 0. The van der Waals surface area contributed by atoms with Gasteiger partial charge in [-0.2, -0.15) is 0 Å². The van der Waals surface area contributed by atoms with Gasteiger partial charge in [0.25, 0.3) is 0 Å². The number of benzene rings is 3. The van der Waals surface area contributed by atoms with Gasteiger partial charge >= 0.3 is 0 Å². The van der Waals surface area contributed by atoms with Crippen LogP contribution in [0, 0.1) is 17.5 Å². The van der Waals surface area contributed by atoms with E-state index in [4.69, 9.17) is 11.6 Å². The van der Waals surface area contributed by atoms with Crippen LogP contribution in [0.2, 0.25) is 5.02 Å². The van der Waals surface area contributed by atoms with Crippen molar-refractivity contribution in [2.24, 2.45) is 4.99 Å². The van der Waals surface area contributed by atoms with E-state index in [1.54, 1.807) is 37.3 Å². The number of rotatable bonds is 4. The van der Waals surface area contributed by atoms with E-state index < -0.39 is 17.6 Å². The highest BCUT2D eigenvalue weighted by Crippen LogP contribution is 2.40. The van der Waals surface area contributed by atoms with Crippen LogP contribution in [0.4, 0.5) is 18.9 Å². The number of aliphatic imine (C=N–C) groups is 1. The Morgan fingerprint density at radius 1 is 1.00 bits per heavy atom. The predicted octanol–water partition coefficient (Wildman–Crippen LogP) is 6.49. The average molecular weight is 448 g/mol. The van der Waals surface area contributed by atoms with Crippen LogP contribution in [0.25, 0.3) is 0 Å². The van der Waals surface area contributed by atoms with E-state index >= 15 is 0 Å². The fourth-order valence-corrected chi connectivity index (χ4v) is 4.25. The number of guanidine groups is 1. The first-order valence-electron chi connectivity index (χ1n) is 9.19. The summed E-state index contributed by atoms with van der Waals surface area (Å²) in [6.07, 6.45) is 0. The molecule has 0 saturated carbocycles. The smallest absolute Gasteiger partial charge is 0.206 e. The average Bonchev–Trinajstić information content (AvgIpc) is 2.74. The molecular weight excluding hydrogens is 431 g/mol. The highest BCUT2D eigenvalue weighted by molar-refractivity contribution is 7.98. The van der Waals surface area contributed by atoms with Crippen LogP contribution in [0.5, 0.6) is 0 Å². The lowest BCUT2D eigenvalue weighted by Gasteiger charge is -2.26. The van der Waals surface area contributed by atoms with E-state index in [0.717, 1.165) is 10.5 Å². The Bertz CT molecular complexity index is 1140. The second-order valence-corrected chi connectivity index (χ2v) is 8.08. The lowest BCUT2D eigenvalue weighted by molar-refractivity contribution is 0.581. The minimum atomic E-state index is -0.510. The summed E-state index contributed by atoms with van der Waals surface area (Å²) in [5, 5.41) is 3.15. The maximum absolute atomic E-state index is 14.8. The fourth-order valence-electron chi connectivity index (χ4n) is 3.32. The van der Waals surface area contributed by atoms with Gasteiger partial charge in [0.2, 0.25) is 5.96 Å². The first-order chi connectivity index (χ1) is 14.4.